The normalized spacial score (nSPS) is 15.1. The van der Waals surface area contributed by atoms with Crippen LogP contribution in [0.15, 0.2) is 17.1 Å². The second kappa shape index (κ2) is 7.92. The molecule has 1 fully saturated rings. The zero-order valence-corrected chi connectivity index (χ0v) is 13.6. The second-order valence-electron chi connectivity index (χ2n) is 5.75. The van der Waals surface area contributed by atoms with Crippen molar-refractivity contribution in [2.75, 3.05) is 32.1 Å². The monoisotopic (exact) mass is 321 g/mol. The maximum atomic E-state index is 12.7. The molecule has 0 radical (unpaired) electrons. The average Bonchev–Trinajstić information content (AvgIpc) is 2.80. The van der Waals surface area contributed by atoms with Gasteiger partial charge < -0.3 is 19.5 Å². The van der Waals surface area contributed by atoms with Crippen LogP contribution in [-0.4, -0.2) is 48.1 Å². The summed E-state index contributed by atoms with van der Waals surface area (Å²) in [6.07, 6.45) is 5.77. The molecule has 23 heavy (non-hydrogen) atoms. The number of rotatable bonds is 4. The van der Waals surface area contributed by atoms with Crippen LogP contribution < -0.4 is 10.9 Å². The number of carbonyl (C=O) groups is 2. The van der Waals surface area contributed by atoms with Crippen LogP contribution in [-0.2, 0) is 16.6 Å². The Hall–Kier alpha value is -2.15. The van der Waals surface area contributed by atoms with Crippen LogP contribution in [0.1, 0.15) is 36.0 Å². The maximum Gasteiger partial charge on any atom is 0.274 e. The van der Waals surface area contributed by atoms with Crippen molar-refractivity contribution in [3.05, 3.63) is 28.2 Å². The highest BCUT2D eigenvalue weighted by molar-refractivity contribution is 5.97. The van der Waals surface area contributed by atoms with Gasteiger partial charge in [-0.2, -0.15) is 0 Å². The van der Waals surface area contributed by atoms with Gasteiger partial charge in [-0.05, 0) is 18.9 Å². The van der Waals surface area contributed by atoms with E-state index in [-0.39, 0.29) is 23.8 Å². The summed E-state index contributed by atoms with van der Waals surface area (Å²) in [6, 6.07) is 1.45. The molecule has 0 bridgehead atoms. The highest BCUT2D eigenvalue weighted by atomic mass is 16.5. The standard InChI is InChI=1S/C16H23N3O4/c1-18-10-12(15(21)19-7-5-3-4-6-8-19)9-13(16(18)22)17-14(20)11-23-2/h9-10H,3-8,11H2,1-2H3,(H,17,20). The van der Waals surface area contributed by atoms with Crippen molar-refractivity contribution in [3.8, 4) is 0 Å². The molecular formula is C16H23N3O4. The lowest BCUT2D eigenvalue weighted by Crippen LogP contribution is -2.33. The van der Waals surface area contributed by atoms with E-state index in [9.17, 15) is 14.4 Å². The van der Waals surface area contributed by atoms with Gasteiger partial charge in [0.2, 0.25) is 5.91 Å². The third-order valence-electron chi connectivity index (χ3n) is 3.87. The molecule has 1 aliphatic rings. The summed E-state index contributed by atoms with van der Waals surface area (Å²) in [6.45, 7) is 1.31. The van der Waals surface area contributed by atoms with E-state index < -0.39 is 5.91 Å². The van der Waals surface area contributed by atoms with E-state index in [2.05, 4.69) is 5.32 Å². The van der Waals surface area contributed by atoms with Crippen LogP contribution in [0.5, 0.6) is 0 Å². The minimum absolute atomic E-state index is 0.0928. The van der Waals surface area contributed by atoms with E-state index in [4.69, 9.17) is 4.74 Å². The van der Waals surface area contributed by atoms with Crippen molar-refractivity contribution < 1.29 is 14.3 Å². The lowest BCUT2D eigenvalue weighted by molar-refractivity contribution is -0.119. The molecule has 2 heterocycles. The molecule has 1 aliphatic heterocycles. The average molecular weight is 321 g/mol. The van der Waals surface area contributed by atoms with E-state index in [1.807, 2.05) is 4.90 Å². The molecule has 0 aromatic carbocycles. The zero-order valence-electron chi connectivity index (χ0n) is 13.6. The number of likely N-dealkylation sites (tertiary alicyclic amines) is 1. The highest BCUT2D eigenvalue weighted by Crippen LogP contribution is 2.14. The first-order valence-corrected chi connectivity index (χ1v) is 7.81. The Kier molecular flexibility index (Phi) is 5.92. The molecule has 126 valence electrons. The fourth-order valence-electron chi connectivity index (χ4n) is 2.69. The topological polar surface area (TPSA) is 80.6 Å². The first-order chi connectivity index (χ1) is 11.0. The van der Waals surface area contributed by atoms with Crippen LogP contribution in [0, 0.1) is 0 Å². The summed E-state index contributed by atoms with van der Waals surface area (Å²) in [5.74, 6) is -0.534. The summed E-state index contributed by atoms with van der Waals surface area (Å²) < 4.78 is 6.05. The lowest BCUT2D eigenvalue weighted by atomic mass is 10.2. The maximum absolute atomic E-state index is 12.7. The van der Waals surface area contributed by atoms with E-state index in [1.165, 1.54) is 23.9 Å². The van der Waals surface area contributed by atoms with Gasteiger partial charge in [0.05, 0.1) is 5.56 Å². The van der Waals surface area contributed by atoms with Crippen LogP contribution >= 0.6 is 0 Å². The van der Waals surface area contributed by atoms with Crippen molar-refractivity contribution in [1.29, 1.82) is 0 Å². The van der Waals surface area contributed by atoms with Gasteiger partial charge in [0.15, 0.2) is 0 Å². The third kappa shape index (κ3) is 4.41. The zero-order chi connectivity index (χ0) is 16.8. The van der Waals surface area contributed by atoms with Gasteiger partial charge in [-0.15, -0.1) is 0 Å². The Bertz CT molecular complexity index is 631. The highest BCUT2D eigenvalue weighted by Gasteiger charge is 2.19. The largest absolute Gasteiger partial charge is 0.375 e. The Morgan fingerprint density at radius 2 is 1.87 bits per heavy atom. The molecule has 0 aliphatic carbocycles. The first-order valence-electron chi connectivity index (χ1n) is 7.81. The number of ether oxygens (including phenoxy) is 1. The van der Waals surface area contributed by atoms with E-state index >= 15 is 0 Å². The van der Waals surface area contributed by atoms with Crippen LogP contribution in [0.4, 0.5) is 5.69 Å². The van der Waals surface area contributed by atoms with Crippen LogP contribution in [0.25, 0.3) is 0 Å². The molecule has 2 amide bonds. The summed E-state index contributed by atoms with van der Waals surface area (Å²) in [5.41, 5.74) is 0.138. The molecule has 7 heteroatoms. The summed E-state index contributed by atoms with van der Waals surface area (Å²) in [5, 5.41) is 2.49. The van der Waals surface area contributed by atoms with Crippen LogP contribution in [0.2, 0.25) is 0 Å². The molecule has 1 aromatic rings. The third-order valence-corrected chi connectivity index (χ3v) is 3.87. The quantitative estimate of drug-likeness (QED) is 0.896. The summed E-state index contributed by atoms with van der Waals surface area (Å²) in [4.78, 5) is 38.2. The Balaban J connectivity index is 2.24. The van der Waals surface area contributed by atoms with Gasteiger partial charge in [0.25, 0.3) is 11.5 Å². The van der Waals surface area contributed by atoms with Gasteiger partial charge in [0.1, 0.15) is 12.3 Å². The molecule has 1 saturated heterocycles. The second-order valence-corrected chi connectivity index (χ2v) is 5.75. The number of aromatic nitrogens is 1. The molecule has 0 unspecified atom stereocenters. The van der Waals surface area contributed by atoms with E-state index in [0.717, 1.165) is 38.8 Å². The van der Waals surface area contributed by atoms with Crippen molar-refractivity contribution in [2.24, 2.45) is 7.05 Å². The summed E-state index contributed by atoms with van der Waals surface area (Å²) in [7, 11) is 2.96. The van der Waals surface area contributed by atoms with E-state index in [0.29, 0.717) is 5.56 Å². The number of hydrogen-bond acceptors (Lipinski definition) is 4. The first kappa shape index (κ1) is 17.2. The van der Waals surface area contributed by atoms with Gasteiger partial charge in [-0.25, -0.2) is 0 Å². The van der Waals surface area contributed by atoms with Crippen molar-refractivity contribution >= 4 is 17.5 Å². The predicted molar refractivity (Wildman–Crippen MR) is 86.6 cm³/mol. The fraction of sp³-hybridized carbons (Fsp3) is 0.562. The number of anilines is 1. The minimum Gasteiger partial charge on any atom is -0.375 e. The molecular weight excluding hydrogens is 298 g/mol. The fourth-order valence-corrected chi connectivity index (χ4v) is 2.69. The van der Waals surface area contributed by atoms with Gasteiger partial charge in [-0.3, -0.25) is 14.4 Å². The van der Waals surface area contributed by atoms with Gasteiger partial charge >= 0.3 is 0 Å². The Labute approximate surface area is 135 Å². The Morgan fingerprint density at radius 3 is 2.48 bits per heavy atom. The van der Waals surface area contributed by atoms with Crippen LogP contribution in [0.3, 0.4) is 0 Å². The molecule has 1 aromatic heterocycles. The molecule has 2 rings (SSSR count). The number of amides is 2. The SMILES string of the molecule is COCC(=O)Nc1cc(C(=O)N2CCCCCC2)cn(C)c1=O. The minimum atomic E-state index is -0.427. The predicted octanol–water partition coefficient (Wildman–Crippen LogP) is 0.986. The number of nitrogens with one attached hydrogen (secondary N) is 1. The molecule has 1 N–H and O–H groups in total. The van der Waals surface area contributed by atoms with E-state index in [1.54, 1.807) is 7.05 Å². The van der Waals surface area contributed by atoms with Crippen molar-refractivity contribution in [3.63, 3.8) is 0 Å². The smallest absolute Gasteiger partial charge is 0.274 e. The number of pyridine rings is 1. The van der Waals surface area contributed by atoms with Crippen molar-refractivity contribution in [2.45, 2.75) is 25.7 Å². The molecule has 0 atom stereocenters. The molecule has 7 nitrogen and oxygen atoms in total. The number of hydrogen-bond donors (Lipinski definition) is 1. The van der Waals surface area contributed by atoms with Gasteiger partial charge in [0, 0.05) is 33.4 Å². The number of aryl methyl sites for hydroxylation is 1. The van der Waals surface area contributed by atoms with Crippen molar-refractivity contribution in [1.82, 2.24) is 9.47 Å². The molecule has 0 saturated carbocycles. The van der Waals surface area contributed by atoms with Gasteiger partial charge in [-0.1, -0.05) is 12.8 Å². The lowest BCUT2D eigenvalue weighted by Gasteiger charge is -2.21. The Morgan fingerprint density at radius 1 is 1.22 bits per heavy atom. The molecule has 0 spiro atoms. The number of methoxy groups -OCH3 is 1. The summed E-state index contributed by atoms with van der Waals surface area (Å²) >= 11 is 0. The number of carbonyl (C=O) groups excluding carboxylic acids is 2. The number of nitrogens with zero attached hydrogens (tertiary/aromatic N) is 2.